The van der Waals surface area contributed by atoms with Crippen molar-refractivity contribution < 1.29 is 8.78 Å². The number of halogens is 2. The van der Waals surface area contributed by atoms with Crippen molar-refractivity contribution in [1.82, 2.24) is 9.47 Å². The van der Waals surface area contributed by atoms with Crippen LogP contribution < -0.4 is 9.80 Å². The maximum Gasteiger partial charge on any atom is 0.123 e. The van der Waals surface area contributed by atoms with Crippen LogP contribution in [0.1, 0.15) is 98.2 Å². The van der Waals surface area contributed by atoms with E-state index in [1.165, 1.54) is 73.4 Å². The molecule has 4 nitrogen and oxygen atoms in total. The summed E-state index contributed by atoms with van der Waals surface area (Å²) in [7, 11) is 0. The molecule has 2 heterocycles. The molecule has 0 fully saturated rings. The fraction of sp³-hybridized carbons (Fsp3) is 0.267. The standard InChI is InChI=1S/C60H56F2N4/c61-43-23-31-49(32-24-43)65-57-17-9-7-15-53(57)55-39-51(35-37-59(55)65)63(45-11-3-1-4-12-45)47-27-19-41(20-28-47)42-21-29-48(30-22-42)64(46-13-5-2-6-14-46)52-36-38-60-56(40-52)54-16-8-10-18-58(54)66(60)50-33-25-44(62)26-34-50/h1,3-5,8-14,16-25,27,29,31-33,38-39,47-48,52,56H,2,6-7,15,26,28,30,34-37,40H2. The number of anilines is 2. The molecule has 0 radical (unpaired) electrons. The molecule has 0 N–H and O–H groups in total. The molecule has 0 amide bonds. The van der Waals surface area contributed by atoms with Crippen LogP contribution >= 0.6 is 0 Å². The Balaban J connectivity index is 0.795. The molecule has 12 rings (SSSR count). The molecule has 0 spiro atoms. The van der Waals surface area contributed by atoms with Crippen molar-refractivity contribution in [3.63, 3.8) is 0 Å². The Bertz CT molecular complexity index is 2930. The molecule has 6 heteroatoms. The Labute approximate surface area is 388 Å². The van der Waals surface area contributed by atoms with Crippen molar-refractivity contribution in [2.45, 2.75) is 101 Å². The zero-order valence-electron chi connectivity index (χ0n) is 37.5. The van der Waals surface area contributed by atoms with Crippen LogP contribution in [0, 0.1) is 5.82 Å². The molecule has 0 saturated heterocycles. The second kappa shape index (κ2) is 17.3. The number of para-hydroxylation sites is 2. The number of benzene rings is 3. The minimum absolute atomic E-state index is 0.0298. The van der Waals surface area contributed by atoms with Crippen LogP contribution in [0.4, 0.5) is 20.2 Å². The van der Waals surface area contributed by atoms with Gasteiger partial charge in [0.05, 0.1) is 12.1 Å². The van der Waals surface area contributed by atoms with Gasteiger partial charge in [0.1, 0.15) is 11.6 Å². The quantitative estimate of drug-likeness (QED) is 0.167. The smallest absolute Gasteiger partial charge is 0.123 e. The molecule has 1 aromatic heterocycles. The van der Waals surface area contributed by atoms with Gasteiger partial charge < -0.3 is 19.3 Å². The van der Waals surface area contributed by atoms with Gasteiger partial charge in [-0.15, -0.1) is 0 Å². The summed E-state index contributed by atoms with van der Waals surface area (Å²) < 4.78 is 30.5. The van der Waals surface area contributed by atoms with Gasteiger partial charge in [-0.1, -0.05) is 97.2 Å². The molecule has 66 heavy (non-hydrogen) atoms. The molecule has 4 unspecified atom stereocenters. The first kappa shape index (κ1) is 40.8. The summed E-state index contributed by atoms with van der Waals surface area (Å²) in [4.78, 5) is 7.75. The number of aromatic nitrogens is 1. The molecule has 0 saturated carbocycles. The Morgan fingerprint density at radius 1 is 0.636 bits per heavy atom. The highest BCUT2D eigenvalue weighted by molar-refractivity contribution is 5.76. The molecule has 7 aliphatic carbocycles. The van der Waals surface area contributed by atoms with Gasteiger partial charge in [-0.3, -0.25) is 0 Å². The lowest BCUT2D eigenvalue weighted by molar-refractivity contribution is 0.196. The van der Waals surface area contributed by atoms with Crippen molar-refractivity contribution >= 4 is 23.5 Å². The molecular weight excluding hydrogens is 815 g/mol. The Kier molecular flexibility index (Phi) is 10.7. The third kappa shape index (κ3) is 7.35. The van der Waals surface area contributed by atoms with Gasteiger partial charge in [-0.25, -0.2) is 8.78 Å². The highest BCUT2D eigenvalue weighted by Crippen LogP contribution is 2.52. The van der Waals surface area contributed by atoms with E-state index in [1.807, 2.05) is 18.2 Å². The number of rotatable bonds is 9. The first-order valence-electron chi connectivity index (χ1n) is 24.4. The first-order chi connectivity index (χ1) is 32.6. The van der Waals surface area contributed by atoms with Crippen molar-refractivity contribution in [3.05, 3.63) is 232 Å². The van der Waals surface area contributed by atoms with E-state index in [4.69, 9.17) is 0 Å². The SMILES string of the molecule is FC1=CC=C(N2C3=CCC(N(C4=CCCC=C4)C4C=CC(C5=CCC(N(C6=Cc7c8c(n(-c9ccc(F)cc9)c7CC6)C=CCC8)c6ccccc6)C=C5)=CC4)CC3c3ccccc32)CC1. The van der Waals surface area contributed by atoms with Crippen molar-refractivity contribution in [1.29, 1.82) is 0 Å². The van der Waals surface area contributed by atoms with Gasteiger partial charge in [0.15, 0.2) is 0 Å². The lowest BCUT2D eigenvalue weighted by Crippen LogP contribution is -2.44. The van der Waals surface area contributed by atoms with Crippen LogP contribution in [0.25, 0.3) is 17.8 Å². The lowest BCUT2D eigenvalue weighted by Gasteiger charge is -2.44. The van der Waals surface area contributed by atoms with E-state index in [1.54, 1.807) is 18.2 Å². The number of allylic oxidation sites excluding steroid dienone is 14. The molecule has 0 bridgehead atoms. The highest BCUT2D eigenvalue weighted by atomic mass is 19.1. The molecule has 330 valence electrons. The van der Waals surface area contributed by atoms with Gasteiger partial charge >= 0.3 is 0 Å². The normalized spacial score (nSPS) is 23.8. The average Bonchev–Trinajstić information content (AvgIpc) is 3.88. The zero-order chi connectivity index (χ0) is 44.1. The van der Waals surface area contributed by atoms with Crippen LogP contribution in [0.3, 0.4) is 0 Å². The molecule has 1 aliphatic heterocycles. The third-order valence-corrected chi connectivity index (χ3v) is 15.1. The van der Waals surface area contributed by atoms with E-state index in [0.717, 1.165) is 76.3 Å². The van der Waals surface area contributed by atoms with Crippen molar-refractivity contribution in [3.8, 4) is 5.69 Å². The number of hydrogen-bond acceptors (Lipinski definition) is 3. The average molecular weight is 871 g/mol. The topological polar surface area (TPSA) is 14.7 Å². The Morgan fingerprint density at radius 2 is 1.42 bits per heavy atom. The monoisotopic (exact) mass is 870 g/mol. The molecule has 4 aromatic rings. The maximum absolute atomic E-state index is 14.1. The van der Waals surface area contributed by atoms with Gasteiger partial charge in [0.2, 0.25) is 0 Å². The zero-order valence-corrected chi connectivity index (χ0v) is 37.5. The van der Waals surface area contributed by atoms with Gasteiger partial charge in [-0.2, -0.15) is 0 Å². The summed E-state index contributed by atoms with van der Waals surface area (Å²) in [5.74, 6) is 0.0718. The summed E-state index contributed by atoms with van der Waals surface area (Å²) >= 11 is 0. The number of nitrogens with zero attached hydrogens (tertiary/aromatic N) is 4. The highest BCUT2D eigenvalue weighted by Gasteiger charge is 2.41. The maximum atomic E-state index is 14.1. The van der Waals surface area contributed by atoms with Gasteiger partial charge in [0.25, 0.3) is 0 Å². The molecule has 4 atom stereocenters. The van der Waals surface area contributed by atoms with Crippen LogP contribution in [0.15, 0.2) is 198 Å². The summed E-state index contributed by atoms with van der Waals surface area (Å²) in [5.41, 5.74) is 18.0. The van der Waals surface area contributed by atoms with E-state index in [-0.39, 0.29) is 23.7 Å². The second-order valence-corrected chi connectivity index (χ2v) is 19.0. The van der Waals surface area contributed by atoms with Crippen molar-refractivity contribution in [2.24, 2.45) is 0 Å². The second-order valence-electron chi connectivity index (χ2n) is 19.0. The van der Waals surface area contributed by atoms with Crippen LogP contribution in [0.5, 0.6) is 0 Å². The van der Waals surface area contributed by atoms with E-state index < -0.39 is 0 Å². The predicted molar refractivity (Wildman–Crippen MR) is 267 cm³/mol. The van der Waals surface area contributed by atoms with Crippen LogP contribution in [0.2, 0.25) is 0 Å². The van der Waals surface area contributed by atoms with Crippen LogP contribution in [-0.2, 0) is 12.8 Å². The summed E-state index contributed by atoms with van der Waals surface area (Å²) in [6, 6.07) is 27.6. The van der Waals surface area contributed by atoms with Gasteiger partial charge in [-0.05, 0) is 166 Å². The van der Waals surface area contributed by atoms with Crippen LogP contribution in [-0.4, -0.2) is 27.6 Å². The fourth-order valence-corrected chi connectivity index (χ4v) is 12.1. The molecular formula is C60H56F2N4. The minimum atomic E-state index is -0.207. The fourth-order valence-electron chi connectivity index (χ4n) is 12.1. The number of fused-ring (bicyclic) bond motifs is 6. The van der Waals surface area contributed by atoms with Crippen molar-refractivity contribution in [2.75, 3.05) is 9.80 Å². The number of hydrogen-bond donors (Lipinski definition) is 0. The summed E-state index contributed by atoms with van der Waals surface area (Å²) in [5, 5.41) is 0. The largest absolute Gasteiger partial charge is 0.362 e. The lowest BCUT2D eigenvalue weighted by atomic mass is 9.83. The third-order valence-electron chi connectivity index (χ3n) is 15.1. The summed E-state index contributed by atoms with van der Waals surface area (Å²) in [6.45, 7) is 0. The van der Waals surface area contributed by atoms with E-state index in [0.29, 0.717) is 18.4 Å². The van der Waals surface area contributed by atoms with E-state index >= 15 is 0 Å². The van der Waals surface area contributed by atoms with Gasteiger partial charge in [0, 0.05) is 75.2 Å². The predicted octanol–water partition coefficient (Wildman–Crippen LogP) is 14.6. The first-order valence-corrected chi connectivity index (χ1v) is 24.4. The molecule has 3 aromatic carbocycles. The summed E-state index contributed by atoms with van der Waals surface area (Å²) in [6.07, 6.45) is 46.0. The van der Waals surface area contributed by atoms with E-state index in [9.17, 15) is 8.78 Å². The molecule has 8 aliphatic rings. The Morgan fingerprint density at radius 3 is 2.18 bits per heavy atom. The minimum Gasteiger partial charge on any atom is -0.362 e. The Hall–Kier alpha value is -6.66. The van der Waals surface area contributed by atoms with E-state index in [2.05, 4.69) is 153 Å².